The molecule has 26 heavy (non-hydrogen) atoms. The molecule has 3 rings (SSSR count). The van der Waals surface area contributed by atoms with Gasteiger partial charge in [0, 0.05) is 6.04 Å². The van der Waals surface area contributed by atoms with Gasteiger partial charge in [0.2, 0.25) is 11.8 Å². The lowest BCUT2D eigenvalue weighted by Gasteiger charge is -2.30. The van der Waals surface area contributed by atoms with Gasteiger partial charge < -0.3 is 15.4 Å². The summed E-state index contributed by atoms with van der Waals surface area (Å²) in [5.41, 5.74) is 0.640. The van der Waals surface area contributed by atoms with Crippen LogP contribution in [0, 0.1) is 11.8 Å². The Labute approximate surface area is 155 Å². The van der Waals surface area contributed by atoms with Crippen LogP contribution in [0.4, 0.5) is 5.69 Å². The maximum atomic E-state index is 12.9. The van der Waals surface area contributed by atoms with Crippen LogP contribution in [0.25, 0.3) is 0 Å². The molecule has 2 atom stereocenters. The van der Waals surface area contributed by atoms with Crippen LogP contribution in [-0.4, -0.2) is 25.0 Å². The second-order valence-electron chi connectivity index (χ2n) is 7.19. The summed E-state index contributed by atoms with van der Waals surface area (Å²) in [6, 6.07) is 7.60. The molecule has 0 radical (unpaired) electrons. The number of hydrogen-bond acceptors (Lipinski definition) is 3. The quantitative estimate of drug-likeness (QED) is 0.791. The van der Waals surface area contributed by atoms with Gasteiger partial charge in [-0.2, -0.15) is 0 Å². The molecule has 0 bridgehead atoms. The number of amides is 2. The van der Waals surface area contributed by atoms with Gasteiger partial charge in [-0.3, -0.25) is 9.59 Å². The second kappa shape index (κ2) is 8.88. The molecule has 0 heterocycles. The molecule has 140 valence electrons. The Kier molecular flexibility index (Phi) is 6.31. The van der Waals surface area contributed by atoms with Gasteiger partial charge in [-0.1, -0.05) is 43.5 Å². The highest BCUT2D eigenvalue weighted by Gasteiger charge is 2.35. The van der Waals surface area contributed by atoms with Crippen molar-refractivity contribution in [2.45, 2.75) is 51.0 Å². The van der Waals surface area contributed by atoms with E-state index in [1.54, 1.807) is 7.11 Å². The number of hydrogen-bond donors (Lipinski definition) is 2. The highest BCUT2D eigenvalue weighted by Crippen LogP contribution is 2.30. The van der Waals surface area contributed by atoms with E-state index in [0.717, 1.165) is 12.8 Å². The molecule has 1 fully saturated rings. The number of carbonyl (C=O) groups excluding carboxylic acids is 2. The zero-order chi connectivity index (χ0) is 18.4. The molecule has 2 amide bonds. The predicted octanol–water partition coefficient (Wildman–Crippen LogP) is 3.67. The fraction of sp³-hybridized carbons (Fsp3) is 0.524. The minimum absolute atomic E-state index is 0.0152. The van der Waals surface area contributed by atoms with Crippen LogP contribution >= 0.6 is 0 Å². The molecular weight excluding hydrogens is 328 g/mol. The number of rotatable bonds is 5. The first-order valence-electron chi connectivity index (χ1n) is 9.58. The van der Waals surface area contributed by atoms with Crippen LogP contribution in [-0.2, 0) is 9.59 Å². The Morgan fingerprint density at radius 1 is 0.962 bits per heavy atom. The monoisotopic (exact) mass is 356 g/mol. The van der Waals surface area contributed by atoms with E-state index in [9.17, 15) is 9.59 Å². The summed E-state index contributed by atoms with van der Waals surface area (Å²) in [5.74, 6) is -0.149. The standard InChI is InChI=1S/C21H28N2O3/c1-26-19-14-8-7-13-18(19)23-21(25)17-12-6-5-11-16(17)20(24)22-15-9-3-2-4-10-15/h5-8,13-17H,2-4,9-12H2,1H3,(H,22,24)(H,23,25). The SMILES string of the molecule is COc1ccccc1NC(=O)C1CC=CCC1C(=O)NC1CCCCC1. The number of benzene rings is 1. The van der Waals surface area contributed by atoms with E-state index < -0.39 is 0 Å². The van der Waals surface area contributed by atoms with Gasteiger partial charge in [-0.25, -0.2) is 0 Å². The Balaban J connectivity index is 1.66. The molecule has 1 aromatic rings. The normalized spacial score (nSPS) is 23.3. The molecule has 0 saturated heterocycles. The van der Waals surface area contributed by atoms with Gasteiger partial charge in [0.05, 0.1) is 24.6 Å². The van der Waals surface area contributed by atoms with Crippen molar-refractivity contribution in [1.29, 1.82) is 0 Å². The highest BCUT2D eigenvalue weighted by molar-refractivity contribution is 5.97. The van der Waals surface area contributed by atoms with Crippen molar-refractivity contribution < 1.29 is 14.3 Å². The molecule has 0 aromatic heterocycles. The Morgan fingerprint density at radius 2 is 1.62 bits per heavy atom. The number of para-hydroxylation sites is 2. The summed E-state index contributed by atoms with van der Waals surface area (Å²) in [6.45, 7) is 0. The van der Waals surface area contributed by atoms with Crippen LogP contribution < -0.4 is 15.4 Å². The molecule has 5 nitrogen and oxygen atoms in total. The van der Waals surface area contributed by atoms with Crippen molar-refractivity contribution in [3.63, 3.8) is 0 Å². The molecule has 1 aromatic carbocycles. The van der Waals surface area contributed by atoms with E-state index in [1.807, 2.05) is 36.4 Å². The van der Waals surface area contributed by atoms with Crippen molar-refractivity contribution in [3.8, 4) is 5.75 Å². The summed E-state index contributed by atoms with van der Waals surface area (Å²) in [6.07, 6.45) is 10.9. The summed E-state index contributed by atoms with van der Waals surface area (Å²) < 4.78 is 5.30. The van der Waals surface area contributed by atoms with Gasteiger partial charge in [0.15, 0.2) is 0 Å². The van der Waals surface area contributed by atoms with Crippen molar-refractivity contribution in [2.24, 2.45) is 11.8 Å². The number of nitrogens with one attached hydrogen (secondary N) is 2. The molecule has 2 aliphatic carbocycles. The van der Waals surface area contributed by atoms with Crippen LogP contribution in [0.1, 0.15) is 44.9 Å². The van der Waals surface area contributed by atoms with E-state index >= 15 is 0 Å². The maximum absolute atomic E-state index is 12.9. The van der Waals surface area contributed by atoms with Crippen LogP contribution in [0.3, 0.4) is 0 Å². The highest BCUT2D eigenvalue weighted by atomic mass is 16.5. The zero-order valence-electron chi connectivity index (χ0n) is 15.4. The summed E-state index contributed by atoms with van der Waals surface area (Å²) >= 11 is 0. The van der Waals surface area contributed by atoms with Crippen molar-refractivity contribution in [1.82, 2.24) is 5.32 Å². The topological polar surface area (TPSA) is 67.4 Å². The third-order valence-corrected chi connectivity index (χ3v) is 5.42. The lowest BCUT2D eigenvalue weighted by atomic mass is 9.81. The predicted molar refractivity (Wildman–Crippen MR) is 102 cm³/mol. The average Bonchev–Trinajstić information content (AvgIpc) is 2.69. The first-order chi connectivity index (χ1) is 12.7. The lowest BCUT2D eigenvalue weighted by molar-refractivity contribution is -0.133. The first-order valence-corrected chi connectivity index (χ1v) is 9.58. The third kappa shape index (κ3) is 4.45. The smallest absolute Gasteiger partial charge is 0.228 e. The maximum Gasteiger partial charge on any atom is 0.228 e. The largest absolute Gasteiger partial charge is 0.495 e. The van der Waals surface area contributed by atoms with Gasteiger partial charge in [-0.05, 0) is 37.8 Å². The molecular formula is C21H28N2O3. The lowest BCUT2D eigenvalue weighted by Crippen LogP contribution is -2.45. The molecule has 2 unspecified atom stereocenters. The summed E-state index contributed by atoms with van der Waals surface area (Å²) in [7, 11) is 1.58. The fourth-order valence-electron chi connectivity index (χ4n) is 3.92. The van der Waals surface area contributed by atoms with Gasteiger partial charge in [0.1, 0.15) is 5.75 Å². The summed E-state index contributed by atoms with van der Waals surface area (Å²) in [4.78, 5) is 25.7. The minimum atomic E-state index is -0.353. The van der Waals surface area contributed by atoms with E-state index in [4.69, 9.17) is 4.74 Å². The van der Waals surface area contributed by atoms with Crippen LogP contribution in [0.2, 0.25) is 0 Å². The molecule has 0 spiro atoms. The van der Waals surface area contributed by atoms with E-state index in [1.165, 1.54) is 19.3 Å². The molecule has 5 heteroatoms. The number of methoxy groups -OCH3 is 1. The van der Waals surface area contributed by atoms with Gasteiger partial charge in [0.25, 0.3) is 0 Å². The van der Waals surface area contributed by atoms with Crippen molar-refractivity contribution in [3.05, 3.63) is 36.4 Å². The third-order valence-electron chi connectivity index (χ3n) is 5.42. The van der Waals surface area contributed by atoms with Crippen molar-refractivity contribution in [2.75, 3.05) is 12.4 Å². The van der Waals surface area contributed by atoms with Crippen molar-refractivity contribution >= 4 is 17.5 Å². The number of carbonyl (C=O) groups is 2. The fourth-order valence-corrected chi connectivity index (χ4v) is 3.92. The number of allylic oxidation sites excluding steroid dienone is 2. The second-order valence-corrected chi connectivity index (χ2v) is 7.19. The van der Waals surface area contributed by atoms with E-state index in [2.05, 4.69) is 10.6 Å². The van der Waals surface area contributed by atoms with E-state index in [0.29, 0.717) is 24.3 Å². The molecule has 0 aliphatic heterocycles. The van der Waals surface area contributed by atoms with Crippen LogP contribution in [0.15, 0.2) is 36.4 Å². The Bertz CT molecular complexity index is 665. The van der Waals surface area contributed by atoms with Gasteiger partial charge in [-0.15, -0.1) is 0 Å². The Morgan fingerprint density at radius 3 is 2.31 bits per heavy atom. The molecule has 2 N–H and O–H groups in total. The summed E-state index contributed by atoms with van der Waals surface area (Å²) in [5, 5.41) is 6.12. The average molecular weight is 356 g/mol. The Hall–Kier alpha value is -2.30. The minimum Gasteiger partial charge on any atom is -0.495 e. The molecule has 2 aliphatic rings. The first kappa shape index (κ1) is 18.5. The zero-order valence-corrected chi connectivity index (χ0v) is 15.4. The molecule has 1 saturated carbocycles. The van der Waals surface area contributed by atoms with Crippen LogP contribution in [0.5, 0.6) is 5.75 Å². The van der Waals surface area contributed by atoms with Gasteiger partial charge >= 0.3 is 0 Å². The van der Waals surface area contributed by atoms with E-state index in [-0.39, 0.29) is 29.7 Å². The number of ether oxygens (including phenoxy) is 1. The number of anilines is 1.